The molecule has 0 aliphatic carbocycles. The van der Waals surface area contributed by atoms with Crippen LogP contribution < -0.4 is 10.1 Å². The molecule has 1 fully saturated rings. The summed E-state index contributed by atoms with van der Waals surface area (Å²) in [7, 11) is 0. The number of hydrogen-bond acceptors (Lipinski definition) is 8. The number of pyridine rings is 1. The zero-order valence-corrected chi connectivity index (χ0v) is 21.1. The van der Waals surface area contributed by atoms with Crippen LogP contribution in [0.15, 0.2) is 72.9 Å². The number of Topliss-reactive ketones (excluding diaryl/α,β-unsaturated/α-hetero) is 1. The summed E-state index contributed by atoms with van der Waals surface area (Å²) in [5.74, 6) is -1.18. The van der Waals surface area contributed by atoms with E-state index in [1.807, 2.05) is 43.3 Å². The van der Waals surface area contributed by atoms with Crippen molar-refractivity contribution in [3.63, 3.8) is 0 Å². The number of esters is 1. The summed E-state index contributed by atoms with van der Waals surface area (Å²) in [6, 6.07) is 19.5. The summed E-state index contributed by atoms with van der Waals surface area (Å²) >= 11 is 0.873. The molecule has 4 rings (SSSR count). The second-order valence-electron chi connectivity index (χ2n) is 8.61. The van der Waals surface area contributed by atoms with E-state index >= 15 is 0 Å². The quantitative estimate of drug-likeness (QED) is 0.242. The number of hydrogen-bond donors (Lipinski definition) is 1. The number of nitrogens with zero attached hydrogens (tertiary/aromatic N) is 1. The van der Waals surface area contributed by atoms with Gasteiger partial charge in [0, 0.05) is 11.9 Å². The van der Waals surface area contributed by atoms with Crippen LogP contribution in [0.4, 0.5) is 4.79 Å². The van der Waals surface area contributed by atoms with Gasteiger partial charge in [-0.15, -0.1) is 0 Å². The average Bonchev–Trinajstić information content (AvgIpc) is 2.93. The first-order valence-corrected chi connectivity index (χ1v) is 12.8. The van der Waals surface area contributed by atoms with Gasteiger partial charge in [-0.25, -0.2) is 0 Å². The zero-order valence-electron chi connectivity index (χ0n) is 20.3. The Hall–Kier alpha value is -3.98. The lowest BCUT2D eigenvalue weighted by molar-refractivity contribution is -0.160. The second kappa shape index (κ2) is 11.8. The highest BCUT2D eigenvalue weighted by atomic mass is 32.2. The Balaban J connectivity index is 1.41. The Morgan fingerprint density at radius 3 is 2.35 bits per heavy atom. The van der Waals surface area contributed by atoms with E-state index in [0.717, 1.165) is 29.3 Å². The number of amides is 2. The number of aromatic nitrogens is 1. The van der Waals surface area contributed by atoms with Crippen LogP contribution in [0.1, 0.15) is 34.1 Å². The van der Waals surface area contributed by atoms with Crippen molar-refractivity contribution in [1.29, 1.82) is 0 Å². The van der Waals surface area contributed by atoms with E-state index in [2.05, 4.69) is 10.3 Å². The Labute approximate surface area is 218 Å². The van der Waals surface area contributed by atoms with E-state index in [4.69, 9.17) is 9.47 Å². The third-order valence-electron chi connectivity index (χ3n) is 6.02. The minimum atomic E-state index is -1.55. The molecule has 1 aliphatic heterocycles. The van der Waals surface area contributed by atoms with Crippen molar-refractivity contribution in [3.8, 4) is 5.75 Å². The zero-order chi connectivity index (χ0) is 26.3. The number of nitrogens with one attached hydrogen (secondary N) is 1. The number of imide groups is 1. The van der Waals surface area contributed by atoms with E-state index in [1.165, 1.54) is 0 Å². The lowest BCUT2D eigenvalue weighted by atomic mass is 9.82. The number of carbonyl (C=O) groups excluding carboxylic acids is 4. The molecular weight excluding hydrogens is 492 g/mol. The highest BCUT2D eigenvalue weighted by molar-refractivity contribution is 8.13. The smallest absolute Gasteiger partial charge is 0.323 e. The predicted molar refractivity (Wildman–Crippen MR) is 138 cm³/mol. The van der Waals surface area contributed by atoms with Gasteiger partial charge in [-0.1, -0.05) is 67.2 Å². The van der Waals surface area contributed by atoms with Crippen molar-refractivity contribution >= 4 is 34.7 Å². The normalized spacial score (nSPS) is 17.1. The van der Waals surface area contributed by atoms with Crippen LogP contribution in [0.25, 0.3) is 0 Å². The maximum atomic E-state index is 13.2. The van der Waals surface area contributed by atoms with Gasteiger partial charge in [-0.3, -0.25) is 29.5 Å². The fourth-order valence-electron chi connectivity index (χ4n) is 3.79. The fourth-order valence-corrected chi connectivity index (χ4v) is 4.69. The van der Waals surface area contributed by atoms with Crippen molar-refractivity contribution in [2.45, 2.75) is 26.4 Å². The first-order valence-electron chi connectivity index (χ1n) is 11.8. The number of ketones is 1. The Bertz CT molecular complexity index is 1280. The Morgan fingerprint density at radius 2 is 1.70 bits per heavy atom. The molecule has 1 unspecified atom stereocenters. The van der Waals surface area contributed by atoms with Gasteiger partial charge in [0.05, 0.1) is 0 Å². The number of rotatable bonds is 10. The minimum Gasteiger partial charge on any atom is -0.485 e. The number of benzene rings is 2. The lowest BCUT2D eigenvalue weighted by Gasteiger charge is -2.32. The van der Waals surface area contributed by atoms with Crippen LogP contribution in [0.5, 0.6) is 5.75 Å². The fraction of sp³-hybridized carbons (Fsp3) is 0.250. The van der Waals surface area contributed by atoms with Crippen LogP contribution in [0.3, 0.4) is 0 Å². The van der Waals surface area contributed by atoms with Crippen molar-refractivity contribution in [3.05, 3.63) is 95.3 Å². The highest BCUT2D eigenvalue weighted by Crippen LogP contribution is 2.34. The first kappa shape index (κ1) is 26.1. The molecule has 190 valence electrons. The molecule has 2 aromatic carbocycles. The third kappa shape index (κ3) is 6.42. The van der Waals surface area contributed by atoms with Gasteiger partial charge < -0.3 is 9.47 Å². The Morgan fingerprint density at radius 1 is 0.973 bits per heavy atom. The SMILES string of the molecule is CCc1ccc(C(=O)COc2ccc(CC3(C(=O)OCc4ccccc4)CSC(=O)NC3=O)cc2)nc1. The molecule has 1 saturated heterocycles. The molecule has 2 amide bonds. The molecule has 8 nitrogen and oxygen atoms in total. The number of ether oxygens (including phenoxy) is 2. The molecule has 1 aliphatic rings. The van der Waals surface area contributed by atoms with E-state index in [0.29, 0.717) is 17.0 Å². The third-order valence-corrected chi connectivity index (χ3v) is 7.02. The number of aryl methyl sites for hydroxylation is 1. The largest absolute Gasteiger partial charge is 0.485 e. The summed E-state index contributed by atoms with van der Waals surface area (Å²) in [5.41, 5.74) is 1.29. The molecule has 1 N–H and O–H groups in total. The van der Waals surface area contributed by atoms with Crippen LogP contribution in [-0.2, 0) is 33.8 Å². The molecule has 0 spiro atoms. The summed E-state index contributed by atoms with van der Waals surface area (Å²) in [5, 5.41) is 1.76. The van der Waals surface area contributed by atoms with E-state index < -0.39 is 22.5 Å². The van der Waals surface area contributed by atoms with Crippen LogP contribution >= 0.6 is 11.8 Å². The molecule has 0 saturated carbocycles. The second-order valence-corrected chi connectivity index (χ2v) is 9.56. The van der Waals surface area contributed by atoms with Crippen molar-refractivity contribution in [2.24, 2.45) is 5.41 Å². The molecule has 0 radical (unpaired) electrons. The molecule has 2 heterocycles. The topological polar surface area (TPSA) is 112 Å². The molecule has 0 bridgehead atoms. The van der Waals surface area contributed by atoms with E-state index in [9.17, 15) is 19.2 Å². The number of thioether (sulfide) groups is 1. The Kier molecular flexibility index (Phi) is 8.35. The molecule has 3 aromatic rings. The van der Waals surface area contributed by atoms with Gasteiger partial charge in [0.1, 0.15) is 18.1 Å². The van der Waals surface area contributed by atoms with Crippen molar-refractivity contribution in [1.82, 2.24) is 10.3 Å². The highest BCUT2D eigenvalue weighted by Gasteiger charge is 2.51. The summed E-state index contributed by atoms with van der Waals surface area (Å²) < 4.78 is 11.1. The van der Waals surface area contributed by atoms with Crippen molar-refractivity contribution in [2.75, 3.05) is 12.4 Å². The maximum absolute atomic E-state index is 13.2. The summed E-state index contributed by atoms with van der Waals surface area (Å²) in [4.78, 5) is 54.4. The van der Waals surface area contributed by atoms with Gasteiger partial charge in [-0.2, -0.15) is 0 Å². The van der Waals surface area contributed by atoms with Crippen LogP contribution in [-0.4, -0.2) is 40.2 Å². The minimum absolute atomic E-state index is 0.0180. The summed E-state index contributed by atoms with van der Waals surface area (Å²) in [6.45, 7) is 1.86. The van der Waals surface area contributed by atoms with Crippen LogP contribution in [0.2, 0.25) is 0 Å². The number of carbonyl (C=O) groups is 4. The van der Waals surface area contributed by atoms with E-state index in [-0.39, 0.29) is 31.2 Å². The standard InChI is InChI=1S/C28H26N2O6S/c1-2-19-10-13-23(29-15-19)24(31)17-35-22-11-8-20(9-12-22)14-28(18-37-27(34)30-25(28)32)26(33)36-16-21-6-4-3-5-7-21/h3-13,15H,2,14,16-18H2,1H3,(H,30,32,34). The van der Waals surface area contributed by atoms with Gasteiger partial charge >= 0.3 is 5.97 Å². The maximum Gasteiger partial charge on any atom is 0.323 e. The average molecular weight is 519 g/mol. The first-order chi connectivity index (χ1) is 17.9. The van der Waals surface area contributed by atoms with Gasteiger partial charge in [0.2, 0.25) is 11.7 Å². The molecular formula is C28H26N2O6S. The van der Waals surface area contributed by atoms with Crippen LogP contribution in [0, 0.1) is 5.41 Å². The monoisotopic (exact) mass is 518 g/mol. The molecule has 9 heteroatoms. The molecule has 1 atom stereocenters. The lowest BCUT2D eigenvalue weighted by Crippen LogP contribution is -2.55. The van der Waals surface area contributed by atoms with Gasteiger partial charge in [-0.05, 0) is 47.7 Å². The predicted octanol–water partition coefficient (Wildman–Crippen LogP) is 4.16. The van der Waals surface area contributed by atoms with Gasteiger partial charge in [0.25, 0.3) is 5.24 Å². The van der Waals surface area contributed by atoms with Gasteiger partial charge in [0.15, 0.2) is 12.0 Å². The van der Waals surface area contributed by atoms with E-state index in [1.54, 1.807) is 36.5 Å². The van der Waals surface area contributed by atoms with Crippen molar-refractivity contribution < 1.29 is 28.7 Å². The summed E-state index contributed by atoms with van der Waals surface area (Å²) in [6.07, 6.45) is 2.56. The molecule has 1 aromatic heterocycles. The molecule has 37 heavy (non-hydrogen) atoms.